The highest BCUT2D eigenvalue weighted by Gasteiger charge is 2.32. The molecule has 1 aliphatic carbocycles. The lowest BCUT2D eigenvalue weighted by Crippen LogP contribution is -2.33. The van der Waals surface area contributed by atoms with Crippen LogP contribution in [0, 0.1) is 5.92 Å². The Morgan fingerprint density at radius 1 is 1.45 bits per heavy atom. The third-order valence-corrected chi connectivity index (χ3v) is 6.61. The minimum Gasteiger partial charge on any atom is -0.481 e. The molecule has 1 heterocycles. The van der Waals surface area contributed by atoms with Gasteiger partial charge in [0, 0.05) is 18.0 Å². The molecule has 0 aromatic carbocycles. The molecule has 1 aromatic heterocycles. The molecule has 0 spiro atoms. The zero-order chi connectivity index (χ0) is 14.8. The minimum absolute atomic E-state index is 0.128. The average molecular weight is 317 g/mol. The van der Waals surface area contributed by atoms with Gasteiger partial charge < -0.3 is 5.11 Å². The second-order valence-corrected chi connectivity index (χ2v) is 8.43. The number of aliphatic carboxylic acids is 1. The summed E-state index contributed by atoms with van der Waals surface area (Å²) in [6, 6.07) is 3.11. The van der Waals surface area contributed by atoms with E-state index in [2.05, 4.69) is 0 Å². The van der Waals surface area contributed by atoms with Crippen LogP contribution in [0.5, 0.6) is 0 Å². The Kier molecular flexibility index (Phi) is 4.82. The van der Waals surface area contributed by atoms with Gasteiger partial charge in [-0.1, -0.05) is 6.92 Å². The minimum atomic E-state index is -3.47. The van der Waals surface area contributed by atoms with Crippen molar-refractivity contribution < 1.29 is 18.3 Å². The van der Waals surface area contributed by atoms with Gasteiger partial charge in [0.1, 0.15) is 4.21 Å². The summed E-state index contributed by atoms with van der Waals surface area (Å²) in [4.78, 5) is 11.2. The standard InChI is InChI=1S/C13H19NO4S2/c1-2-7-14(9-10-3-4-10)20(17,18)13-6-5-11(19-13)8-12(15)16/h5-6,10H,2-4,7-9H2,1H3,(H,15,16). The molecule has 0 atom stereocenters. The summed E-state index contributed by atoms with van der Waals surface area (Å²) in [5, 5.41) is 8.75. The topological polar surface area (TPSA) is 74.7 Å². The highest BCUT2D eigenvalue weighted by molar-refractivity contribution is 7.91. The third kappa shape index (κ3) is 3.80. The van der Waals surface area contributed by atoms with Crippen molar-refractivity contribution in [3.05, 3.63) is 17.0 Å². The second kappa shape index (κ2) is 6.24. The number of carboxylic acid groups (broad SMARTS) is 1. The first-order valence-corrected chi connectivity index (χ1v) is 8.99. The average Bonchev–Trinajstić information content (AvgIpc) is 3.05. The summed E-state index contributed by atoms with van der Waals surface area (Å²) in [5.41, 5.74) is 0. The second-order valence-electron chi connectivity index (χ2n) is 5.10. The predicted octanol–water partition coefficient (Wildman–Crippen LogP) is 2.19. The summed E-state index contributed by atoms with van der Waals surface area (Å²) < 4.78 is 26.9. The number of sulfonamides is 1. The van der Waals surface area contributed by atoms with E-state index in [4.69, 9.17) is 5.11 Å². The molecule has 1 fully saturated rings. The van der Waals surface area contributed by atoms with Crippen LogP contribution in [0.2, 0.25) is 0 Å². The molecule has 112 valence electrons. The number of rotatable bonds is 8. The van der Waals surface area contributed by atoms with E-state index in [1.54, 1.807) is 10.4 Å². The van der Waals surface area contributed by atoms with Crippen LogP contribution < -0.4 is 0 Å². The summed E-state index contributed by atoms with van der Waals surface area (Å²) >= 11 is 1.06. The van der Waals surface area contributed by atoms with Crippen molar-refractivity contribution in [2.45, 2.75) is 36.8 Å². The summed E-state index contributed by atoms with van der Waals surface area (Å²) in [6.07, 6.45) is 2.85. The number of nitrogens with zero attached hydrogens (tertiary/aromatic N) is 1. The molecule has 7 heteroatoms. The molecule has 2 rings (SSSR count). The van der Waals surface area contributed by atoms with Crippen molar-refractivity contribution in [1.29, 1.82) is 0 Å². The van der Waals surface area contributed by atoms with Crippen molar-refractivity contribution in [1.82, 2.24) is 4.31 Å². The molecule has 5 nitrogen and oxygen atoms in total. The van der Waals surface area contributed by atoms with E-state index in [1.807, 2.05) is 6.92 Å². The summed E-state index contributed by atoms with van der Waals surface area (Å²) in [5.74, 6) is -0.450. The maximum Gasteiger partial charge on any atom is 0.308 e. The van der Waals surface area contributed by atoms with Gasteiger partial charge in [-0.05, 0) is 37.3 Å². The lowest BCUT2D eigenvalue weighted by atomic mass is 10.3. The fraction of sp³-hybridized carbons (Fsp3) is 0.615. The van der Waals surface area contributed by atoms with Gasteiger partial charge in [-0.25, -0.2) is 8.42 Å². The first-order chi connectivity index (χ1) is 9.43. The Morgan fingerprint density at radius 3 is 2.70 bits per heavy atom. The Labute approximate surface area is 123 Å². The Balaban J connectivity index is 2.17. The van der Waals surface area contributed by atoms with Crippen LogP contribution in [-0.4, -0.2) is 36.9 Å². The SMILES string of the molecule is CCCN(CC1CC1)S(=O)(=O)c1ccc(CC(=O)O)s1. The molecule has 1 saturated carbocycles. The highest BCUT2D eigenvalue weighted by atomic mass is 32.2. The van der Waals surface area contributed by atoms with Gasteiger partial charge in [0.15, 0.2) is 0 Å². The number of hydrogen-bond acceptors (Lipinski definition) is 4. The molecule has 20 heavy (non-hydrogen) atoms. The molecular formula is C13H19NO4S2. The van der Waals surface area contributed by atoms with E-state index in [1.165, 1.54) is 6.07 Å². The molecule has 0 aliphatic heterocycles. The van der Waals surface area contributed by atoms with Crippen LogP contribution in [0.15, 0.2) is 16.3 Å². The van der Waals surface area contributed by atoms with Crippen LogP contribution >= 0.6 is 11.3 Å². The van der Waals surface area contributed by atoms with E-state index in [0.717, 1.165) is 30.6 Å². The Hall–Kier alpha value is -0.920. The molecule has 0 amide bonds. The fourth-order valence-corrected chi connectivity index (χ4v) is 5.12. The van der Waals surface area contributed by atoms with E-state index >= 15 is 0 Å². The van der Waals surface area contributed by atoms with Gasteiger partial charge in [-0.2, -0.15) is 4.31 Å². The van der Waals surface area contributed by atoms with Crippen molar-refractivity contribution in [3.8, 4) is 0 Å². The van der Waals surface area contributed by atoms with Crippen molar-refractivity contribution in [2.24, 2.45) is 5.92 Å². The molecule has 0 bridgehead atoms. The number of carbonyl (C=O) groups is 1. The molecule has 1 N–H and O–H groups in total. The van der Waals surface area contributed by atoms with Crippen LogP contribution in [0.1, 0.15) is 31.1 Å². The predicted molar refractivity (Wildman–Crippen MR) is 77.4 cm³/mol. The quantitative estimate of drug-likeness (QED) is 0.797. The molecule has 0 saturated heterocycles. The van der Waals surface area contributed by atoms with E-state index in [9.17, 15) is 13.2 Å². The monoisotopic (exact) mass is 317 g/mol. The van der Waals surface area contributed by atoms with Gasteiger partial charge in [-0.3, -0.25) is 4.79 Å². The van der Waals surface area contributed by atoms with E-state index in [0.29, 0.717) is 23.9 Å². The first-order valence-electron chi connectivity index (χ1n) is 6.74. The van der Waals surface area contributed by atoms with E-state index < -0.39 is 16.0 Å². The van der Waals surface area contributed by atoms with Crippen LogP contribution in [0.4, 0.5) is 0 Å². The normalized spacial score (nSPS) is 15.7. The van der Waals surface area contributed by atoms with Crippen molar-refractivity contribution >= 4 is 27.3 Å². The van der Waals surface area contributed by atoms with E-state index in [-0.39, 0.29) is 10.6 Å². The molecule has 1 aromatic rings. The third-order valence-electron chi connectivity index (χ3n) is 3.19. The maximum atomic E-state index is 12.6. The van der Waals surface area contributed by atoms with Gasteiger partial charge in [0.05, 0.1) is 6.42 Å². The first kappa shape index (κ1) is 15.5. The maximum absolute atomic E-state index is 12.6. The molecular weight excluding hydrogens is 298 g/mol. The van der Waals surface area contributed by atoms with Gasteiger partial charge in [-0.15, -0.1) is 11.3 Å². The van der Waals surface area contributed by atoms with Gasteiger partial charge in [0.25, 0.3) is 10.0 Å². The molecule has 0 radical (unpaired) electrons. The fourth-order valence-electron chi connectivity index (χ4n) is 2.02. The smallest absolute Gasteiger partial charge is 0.308 e. The Bertz CT molecular complexity index is 575. The summed E-state index contributed by atoms with van der Waals surface area (Å²) in [6.45, 7) is 3.06. The van der Waals surface area contributed by atoms with Gasteiger partial charge >= 0.3 is 5.97 Å². The highest BCUT2D eigenvalue weighted by Crippen LogP contribution is 2.33. The lowest BCUT2D eigenvalue weighted by molar-refractivity contribution is -0.136. The molecule has 1 aliphatic rings. The van der Waals surface area contributed by atoms with Crippen LogP contribution in [0.3, 0.4) is 0 Å². The van der Waals surface area contributed by atoms with Crippen LogP contribution in [-0.2, 0) is 21.2 Å². The summed E-state index contributed by atoms with van der Waals surface area (Å²) in [7, 11) is -3.47. The Morgan fingerprint density at radius 2 is 2.15 bits per heavy atom. The zero-order valence-corrected chi connectivity index (χ0v) is 13.0. The number of hydrogen-bond donors (Lipinski definition) is 1. The number of thiophene rings is 1. The van der Waals surface area contributed by atoms with Gasteiger partial charge in [0.2, 0.25) is 0 Å². The van der Waals surface area contributed by atoms with Crippen molar-refractivity contribution in [2.75, 3.05) is 13.1 Å². The lowest BCUT2D eigenvalue weighted by Gasteiger charge is -2.20. The largest absolute Gasteiger partial charge is 0.481 e. The molecule has 0 unspecified atom stereocenters. The van der Waals surface area contributed by atoms with Crippen molar-refractivity contribution in [3.63, 3.8) is 0 Å². The zero-order valence-electron chi connectivity index (χ0n) is 11.4. The number of carboxylic acids is 1. The van der Waals surface area contributed by atoms with Crippen LogP contribution in [0.25, 0.3) is 0 Å².